The number of halogens is 6. The highest BCUT2D eigenvalue weighted by molar-refractivity contribution is 8.45. The molecule has 3 atom stereocenters. The number of piperazine rings is 1. The number of nitriles is 1. The van der Waals surface area contributed by atoms with E-state index in [-0.39, 0.29) is 43.1 Å². The summed E-state index contributed by atoms with van der Waals surface area (Å²) < 4.78 is 90.3. The van der Waals surface area contributed by atoms with E-state index in [0.717, 1.165) is 28.4 Å². The summed E-state index contributed by atoms with van der Waals surface area (Å²) in [4.78, 5) is 48.8. The summed E-state index contributed by atoms with van der Waals surface area (Å²) in [6.45, 7) is -0.899. The molecule has 0 N–H and O–H groups in total. The molecule has 42 heavy (non-hydrogen) atoms. The molecule has 3 amide bonds. The predicted octanol–water partition coefficient (Wildman–Crippen LogP) is 3.16. The van der Waals surface area contributed by atoms with Gasteiger partial charge in [0.25, 0.3) is 11.8 Å². The van der Waals surface area contributed by atoms with Crippen molar-refractivity contribution >= 4 is 33.6 Å². The number of amides is 3. The molecule has 0 aliphatic carbocycles. The Morgan fingerprint density at radius 1 is 1.14 bits per heavy atom. The number of carbonyl (C=O) groups excluding carboxylic acids is 3. The monoisotopic (exact) mass is 621 g/mol. The van der Waals surface area contributed by atoms with Gasteiger partial charge < -0.3 is 14.5 Å². The number of alkyl halides is 1. The average Bonchev–Trinajstić information content (AvgIpc) is 3.37. The fraction of sp³-hybridized carbons (Fsp3) is 0.417. The van der Waals surface area contributed by atoms with Crippen molar-refractivity contribution in [3.63, 3.8) is 0 Å². The second-order valence-corrected chi connectivity index (χ2v) is 12.2. The SMILES string of the molecule is CO[C@@H]1C[C@H](C(=O)N(c2ccc(S(F)(F)(F)(F)F)cc2)C(F)(C(=O)N2CCN(C)C(=O)C2)c2cnccn2)N(C#N)C1. The number of aromatic nitrogens is 2. The Hall–Kier alpha value is -4.11. The van der Waals surface area contributed by atoms with Gasteiger partial charge in [0.2, 0.25) is 5.91 Å². The van der Waals surface area contributed by atoms with Crippen molar-refractivity contribution in [2.45, 2.75) is 29.3 Å². The molecule has 0 radical (unpaired) electrons. The zero-order valence-corrected chi connectivity index (χ0v) is 23.0. The Bertz CT molecular complexity index is 1430. The van der Waals surface area contributed by atoms with E-state index < -0.39 is 68.7 Å². The highest BCUT2D eigenvalue weighted by Gasteiger charge is 2.65. The molecule has 228 valence electrons. The lowest BCUT2D eigenvalue weighted by molar-refractivity contribution is -0.154. The molecule has 2 saturated heterocycles. The van der Waals surface area contributed by atoms with Crippen molar-refractivity contribution in [2.24, 2.45) is 0 Å². The first-order valence-corrected chi connectivity index (χ1v) is 14.2. The summed E-state index contributed by atoms with van der Waals surface area (Å²) in [6, 6.07) is -0.710. The van der Waals surface area contributed by atoms with Crippen LogP contribution in [0.15, 0.2) is 47.8 Å². The first-order valence-electron chi connectivity index (χ1n) is 12.3. The van der Waals surface area contributed by atoms with Gasteiger partial charge in [0.05, 0.1) is 25.4 Å². The molecule has 1 aromatic carbocycles. The van der Waals surface area contributed by atoms with E-state index in [9.17, 15) is 39.1 Å². The second kappa shape index (κ2) is 10.0. The smallest absolute Gasteiger partial charge is 0.312 e. The van der Waals surface area contributed by atoms with Crippen LogP contribution in [0, 0.1) is 11.5 Å². The minimum atomic E-state index is -10.2. The minimum absolute atomic E-state index is 0.00593. The van der Waals surface area contributed by atoms with Gasteiger partial charge in [-0.2, -0.15) is 5.26 Å². The second-order valence-electron chi connectivity index (χ2n) is 9.75. The number of likely N-dealkylation sites (N-methyl/N-ethyl adjacent to an activating group) is 1. The molecule has 2 aliphatic heterocycles. The van der Waals surface area contributed by atoms with Gasteiger partial charge in [-0.25, -0.2) is 4.39 Å². The van der Waals surface area contributed by atoms with Gasteiger partial charge in [-0.15, -0.1) is 0 Å². The number of benzene rings is 1. The van der Waals surface area contributed by atoms with Crippen molar-refractivity contribution in [1.29, 1.82) is 5.26 Å². The summed E-state index contributed by atoms with van der Waals surface area (Å²) in [6.07, 6.45) is 3.81. The fourth-order valence-corrected chi connectivity index (χ4v) is 5.35. The third-order valence-electron chi connectivity index (χ3n) is 7.01. The van der Waals surface area contributed by atoms with Gasteiger partial charge in [0.1, 0.15) is 16.6 Å². The van der Waals surface area contributed by atoms with Gasteiger partial charge in [0.15, 0.2) is 6.19 Å². The molecule has 1 unspecified atom stereocenters. The largest absolute Gasteiger partial charge is 0.379 e. The Morgan fingerprint density at radius 3 is 2.33 bits per heavy atom. The highest BCUT2D eigenvalue weighted by Crippen LogP contribution is 3.02. The van der Waals surface area contributed by atoms with E-state index in [0.29, 0.717) is 12.1 Å². The van der Waals surface area contributed by atoms with Gasteiger partial charge in [-0.1, -0.05) is 19.4 Å². The van der Waals surface area contributed by atoms with Crippen LogP contribution in [-0.2, 0) is 24.9 Å². The third kappa shape index (κ3) is 5.79. The number of anilines is 1. The van der Waals surface area contributed by atoms with Crippen LogP contribution in [0.25, 0.3) is 0 Å². The number of nitrogens with zero attached hydrogens (tertiary/aromatic N) is 7. The Labute approximate surface area is 236 Å². The molecule has 1 aromatic heterocycles. The van der Waals surface area contributed by atoms with E-state index in [4.69, 9.17) is 4.74 Å². The molecule has 2 fully saturated rings. The molecule has 4 rings (SSSR count). The maximum atomic E-state index is 17.7. The van der Waals surface area contributed by atoms with Crippen molar-refractivity contribution < 1.29 is 42.9 Å². The van der Waals surface area contributed by atoms with E-state index in [1.54, 1.807) is 6.19 Å². The van der Waals surface area contributed by atoms with Crippen molar-refractivity contribution in [3.05, 3.63) is 48.5 Å². The number of methoxy groups -OCH3 is 1. The molecular weight excluding hydrogens is 596 g/mol. The van der Waals surface area contributed by atoms with Crippen molar-refractivity contribution in [1.82, 2.24) is 24.7 Å². The number of likely N-dealkylation sites (tertiary alicyclic amines) is 1. The molecule has 2 aliphatic rings. The highest BCUT2D eigenvalue weighted by atomic mass is 32.5. The van der Waals surface area contributed by atoms with Crippen LogP contribution < -0.4 is 4.90 Å². The normalized spacial score (nSPS) is 22.5. The zero-order chi connectivity index (χ0) is 31.2. The van der Waals surface area contributed by atoms with Crippen molar-refractivity contribution in [3.8, 4) is 6.19 Å². The molecule has 0 saturated carbocycles. The molecule has 3 heterocycles. The first kappa shape index (κ1) is 30.8. The molecule has 11 nitrogen and oxygen atoms in total. The lowest BCUT2D eigenvalue weighted by atomic mass is 10.0. The Kier molecular flexibility index (Phi) is 7.35. The molecule has 0 bridgehead atoms. The zero-order valence-electron chi connectivity index (χ0n) is 22.2. The van der Waals surface area contributed by atoms with Crippen LogP contribution in [0.5, 0.6) is 0 Å². The summed E-state index contributed by atoms with van der Waals surface area (Å²) in [7, 11) is -7.42. The number of ether oxygens (including phenoxy) is 1. The lowest BCUT2D eigenvalue weighted by Crippen LogP contribution is -2.63. The number of hydrogen-bond donors (Lipinski definition) is 0. The maximum Gasteiger partial charge on any atom is 0.312 e. The number of carbonyl (C=O) groups is 3. The average molecular weight is 622 g/mol. The van der Waals surface area contributed by atoms with Crippen LogP contribution in [0.2, 0.25) is 0 Å². The lowest BCUT2D eigenvalue weighted by Gasteiger charge is -2.42. The molecule has 18 heteroatoms. The van der Waals surface area contributed by atoms with E-state index in [2.05, 4.69) is 9.97 Å². The van der Waals surface area contributed by atoms with E-state index in [1.165, 1.54) is 19.1 Å². The third-order valence-corrected chi connectivity index (χ3v) is 8.17. The van der Waals surface area contributed by atoms with Crippen molar-refractivity contribution in [2.75, 3.05) is 45.2 Å². The molecular formula is C24H25F6N7O4S. The standard InChI is InChI=1S/C24H25F6N7O4S/c1-34-9-10-35(14-21(34)38)23(40)24(25,20-12-32-7-8-33-20)37(22(39)19-11-17(41-2)13-36(19)15-31)16-3-5-18(6-4-16)42(26,27,28,29)30/h3-8,12,17,19H,9-11,13-14H2,1-2H3/t17-,19-,24?/m1/s1. The van der Waals surface area contributed by atoms with Gasteiger partial charge >= 0.3 is 16.0 Å². The maximum absolute atomic E-state index is 17.7. The fourth-order valence-electron chi connectivity index (χ4n) is 4.70. The summed E-state index contributed by atoms with van der Waals surface area (Å²) in [5, 5.41) is 9.63. The number of rotatable bonds is 7. The van der Waals surface area contributed by atoms with Gasteiger partial charge in [-0.05, 0) is 24.3 Å². The van der Waals surface area contributed by atoms with Gasteiger partial charge in [-0.3, -0.25) is 34.2 Å². The quantitative estimate of drug-likeness (QED) is 0.263. The van der Waals surface area contributed by atoms with Gasteiger partial charge in [0, 0.05) is 51.7 Å². The minimum Gasteiger partial charge on any atom is -0.379 e. The van der Waals surface area contributed by atoms with Crippen LogP contribution in [0.4, 0.5) is 29.5 Å². The summed E-state index contributed by atoms with van der Waals surface area (Å²) in [5.74, 6) is -6.98. The first-order chi connectivity index (χ1) is 19.4. The topological polar surface area (TPSA) is 123 Å². The Morgan fingerprint density at radius 2 is 1.81 bits per heavy atom. The van der Waals surface area contributed by atoms with Crippen LogP contribution in [0.1, 0.15) is 12.1 Å². The van der Waals surface area contributed by atoms with Crippen LogP contribution in [0.3, 0.4) is 0 Å². The van der Waals surface area contributed by atoms with Crippen LogP contribution in [-0.4, -0.2) is 94.9 Å². The Balaban J connectivity index is 1.92. The van der Waals surface area contributed by atoms with Crippen LogP contribution >= 0.6 is 10.2 Å². The number of hydrogen-bond acceptors (Lipinski definition) is 8. The summed E-state index contributed by atoms with van der Waals surface area (Å²) in [5.41, 5.74) is -1.51. The van der Waals surface area contributed by atoms with E-state index >= 15 is 4.39 Å². The molecule has 0 spiro atoms. The van der Waals surface area contributed by atoms with E-state index in [1.807, 2.05) is 0 Å². The molecule has 2 aromatic rings. The summed E-state index contributed by atoms with van der Waals surface area (Å²) >= 11 is 0. The predicted molar refractivity (Wildman–Crippen MR) is 136 cm³/mol.